The van der Waals surface area contributed by atoms with Crippen LogP contribution in [0.3, 0.4) is 0 Å². The molecule has 1 aromatic carbocycles. The van der Waals surface area contributed by atoms with E-state index in [4.69, 9.17) is 0 Å². The summed E-state index contributed by atoms with van der Waals surface area (Å²) in [6.07, 6.45) is 3.99. The van der Waals surface area contributed by atoms with Crippen molar-refractivity contribution in [3.05, 3.63) is 29.3 Å². The largest absolute Gasteiger partial charge is 0.325 e. The number of carbonyl (C=O) groups excluding carboxylic acids is 4. The predicted octanol–water partition coefficient (Wildman–Crippen LogP) is 0.462. The normalized spacial score (nSPS) is 25.2. The summed E-state index contributed by atoms with van der Waals surface area (Å²) >= 11 is 0. The van der Waals surface area contributed by atoms with Gasteiger partial charge in [0.2, 0.25) is 17.7 Å². The summed E-state index contributed by atoms with van der Waals surface area (Å²) in [5.74, 6) is -1.08. The number of anilines is 1. The molecule has 9 heteroatoms. The van der Waals surface area contributed by atoms with E-state index in [1.165, 1.54) is 11.3 Å². The van der Waals surface area contributed by atoms with Crippen molar-refractivity contribution < 1.29 is 19.2 Å². The van der Waals surface area contributed by atoms with E-state index in [2.05, 4.69) is 20.9 Å². The Bertz CT molecular complexity index is 961. The van der Waals surface area contributed by atoms with Gasteiger partial charge in [-0.15, -0.1) is 0 Å². The van der Waals surface area contributed by atoms with Crippen LogP contribution in [-0.4, -0.2) is 72.2 Å². The molecule has 1 spiro atoms. The number of likely N-dealkylation sites (tertiary alicyclic amines) is 1. The minimum absolute atomic E-state index is 0.0918. The molecule has 4 amide bonds. The number of imide groups is 1. The van der Waals surface area contributed by atoms with E-state index >= 15 is 0 Å². The zero-order chi connectivity index (χ0) is 22.3. The molecule has 0 aromatic heterocycles. The number of nitrogens with one attached hydrogen (secondary N) is 3. The van der Waals surface area contributed by atoms with Crippen molar-refractivity contribution in [3.63, 3.8) is 0 Å². The molecule has 1 atom stereocenters. The Kier molecular flexibility index (Phi) is 5.46. The van der Waals surface area contributed by atoms with E-state index in [0.717, 1.165) is 44.6 Å². The lowest BCUT2D eigenvalue weighted by molar-refractivity contribution is -0.137. The van der Waals surface area contributed by atoms with Crippen LogP contribution in [0.1, 0.15) is 48.0 Å². The second-order valence-corrected chi connectivity index (χ2v) is 9.48. The first kappa shape index (κ1) is 21.1. The molecule has 0 bridgehead atoms. The van der Waals surface area contributed by atoms with E-state index in [0.29, 0.717) is 29.6 Å². The van der Waals surface area contributed by atoms with Gasteiger partial charge in [0.25, 0.3) is 5.91 Å². The van der Waals surface area contributed by atoms with Crippen molar-refractivity contribution >= 4 is 29.3 Å². The van der Waals surface area contributed by atoms with E-state index in [1.807, 2.05) is 0 Å². The average molecular weight is 440 g/mol. The molecule has 9 nitrogen and oxygen atoms in total. The zero-order valence-corrected chi connectivity index (χ0v) is 18.1. The third-order valence-electron chi connectivity index (χ3n) is 7.47. The minimum atomic E-state index is -0.665. The van der Waals surface area contributed by atoms with E-state index < -0.39 is 11.9 Å². The molecule has 5 rings (SSSR count). The lowest BCUT2D eigenvalue weighted by atomic mass is 9.78. The molecule has 3 N–H and O–H groups in total. The van der Waals surface area contributed by atoms with Crippen LogP contribution in [0.4, 0.5) is 5.69 Å². The summed E-state index contributed by atoms with van der Waals surface area (Å²) in [5, 5.41) is 8.76. The third-order valence-corrected chi connectivity index (χ3v) is 7.47. The fourth-order valence-electron chi connectivity index (χ4n) is 5.50. The second kappa shape index (κ2) is 8.29. The average Bonchev–Trinajstić information content (AvgIpc) is 3.36. The quantitative estimate of drug-likeness (QED) is 0.588. The van der Waals surface area contributed by atoms with Crippen LogP contribution in [0.15, 0.2) is 18.2 Å². The number of hydrogen-bond acceptors (Lipinski definition) is 6. The highest BCUT2D eigenvalue weighted by atomic mass is 16.2. The van der Waals surface area contributed by atoms with E-state index in [1.54, 1.807) is 18.2 Å². The van der Waals surface area contributed by atoms with Crippen LogP contribution < -0.4 is 16.0 Å². The van der Waals surface area contributed by atoms with Gasteiger partial charge in [-0.2, -0.15) is 0 Å². The van der Waals surface area contributed by atoms with Crippen LogP contribution >= 0.6 is 0 Å². The Labute approximate surface area is 186 Å². The first-order chi connectivity index (χ1) is 15.4. The number of hydrogen-bond donors (Lipinski definition) is 3. The Morgan fingerprint density at radius 3 is 2.69 bits per heavy atom. The van der Waals surface area contributed by atoms with E-state index in [9.17, 15) is 19.2 Å². The standard InChI is InChI=1S/C23H29N5O4/c29-19-5-4-18(21(31)26-19)28-12-16-15(22(28)32)2-1-3-17(16)25-20(30)13-27-10-7-23(8-11-27)6-9-24-14-23/h1-3,18,24H,4-14H2,(H,25,30)(H,26,29,31). The van der Waals surface area contributed by atoms with E-state index in [-0.39, 0.29) is 30.7 Å². The van der Waals surface area contributed by atoms with Gasteiger partial charge < -0.3 is 15.5 Å². The van der Waals surface area contributed by atoms with Gasteiger partial charge in [-0.3, -0.25) is 29.4 Å². The van der Waals surface area contributed by atoms with Crippen LogP contribution in [0.2, 0.25) is 0 Å². The van der Waals surface area contributed by atoms with Crippen LogP contribution in [-0.2, 0) is 20.9 Å². The summed E-state index contributed by atoms with van der Waals surface area (Å²) in [7, 11) is 0. The molecule has 1 unspecified atom stereocenters. The number of nitrogens with zero attached hydrogens (tertiary/aromatic N) is 2. The Morgan fingerprint density at radius 2 is 1.97 bits per heavy atom. The molecule has 170 valence electrons. The number of carbonyl (C=O) groups is 4. The van der Waals surface area contributed by atoms with Crippen molar-refractivity contribution in [1.29, 1.82) is 0 Å². The molecule has 0 radical (unpaired) electrons. The molecule has 3 saturated heterocycles. The highest BCUT2D eigenvalue weighted by molar-refractivity contribution is 6.06. The van der Waals surface area contributed by atoms with Crippen molar-refractivity contribution in [1.82, 2.24) is 20.4 Å². The lowest BCUT2D eigenvalue weighted by Gasteiger charge is -2.38. The lowest BCUT2D eigenvalue weighted by Crippen LogP contribution is -2.52. The van der Waals surface area contributed by atoms with Gasteiger partial charge >= 0.3 is 0 Å². The van der Waals surface area contributed by atoms with Crippen LogP contribution in [0.5, 0.6) is 0 Å². The highest BCUT2D eigenvalue weighted by Gasteiger charge is 2.40. The number of piperidine rings is 2. The van der Waals surface area contributed by atoms with Gasteiger partial charge in [0.1, 0.15) is 6.04 Å². The highest BCUT2D eigenvalue weighted by Crippen LogP contribution is 2.37. The number of amides is 4. The maximum Gasteiger partial charge on any atom is 0.255 e. The minimum Gasteiger partial charge on any atom is -0.325 e. The first-order valence-electron chi connectivity index (χ1n) is 11.4. The fourth-order valence-corrected chi connectivity index (χ4v) is 5.50. The van der Waals surface area contributed by atoms with Gasteiger partial charge in [0.15, 0.2) is 0 Å². The summed E-state index contributed by atoms with van der Waals surface area (Å²) < 4.78 is 0. The molecular formula is C23H29N5O4. The Hall–Kier alpha value is -2.78. The molecule has 32 heavy (non-hydrogen) atoms. The van der Waals surface area contributed by atoms with Gasteiger partial charge in [0.05, 0.1) is 6.54 Å². The molecule has 1 aromatic rings. The fraction of sp³-hybridized carbons (Fsp3) is 0.565. The number of fused-ring (bicyclic) bond motifs is 1. The summed E-state index contributed by atoms with van der Waals surface area (Å²) in [5.41, 5.74) is 2.25. The maximum absolute atomic E-state index is 12.9. The predicted molar refractivity (Wildman–Crippen MR) is 117 cm³/mol. The maximum atomic E-state index is 12.9. The van der Waals surface area contributed by atoms with Crippen LogP contribution in [0.25, 0.3) is 0 Å². The number of benzene rings is 1. The second-order valence-electron chi connectivity index (χ2n) is 9.48. The molecule has 4 aliphatic heterocycles. The number of rotatable bonds is 4. The van der Waals surface area contributed by atoms with Gasteiger partial charge in [-0.05, 0) is 62.9 Å². The zero-order valence-electron chi connectivity index (χ0n) is 18.1. The molecular weight excluding hydrogens is 410 g/mol. The van der Waals surface area contributed by atoms with Crippen molar-refractivity contribution in [2.24, 2.45) is 5.41 Å². The molecule has 0 aliphatic carbocycles. The molecule has 4 aliphatic rings. The topological polar surface area (TPSA) is 111 Å². The Morgan fingerprint density at radius 1 is 1.16 bits per heavy atom. The van der Waals surface area contributed by atoms with Crippen molar-refractivity contribution in [3.8, 4) is 0 Å². The monoisotopic (exact) mass is 439 g/mol. The summed E-state index contributed by atoms with van der Waals surface area (Å²) in [4.78, 5) is 53.1. The molecule has 3 fully saturated rings. The SMILES string of the molecule is O=C1CCC(N2Cc3c(NC(=O)CN4CCC5(CCNC5)CC4)cccc3C2=O)C(=O)N1. The third kappa shape index (κ3) is 3.91. The smallest absolute Gasteiger partial charge is 0.255 e. The van der Waals surface area contributed by atoms with Crippen molar-refractivity contribution in [2.75, 3.05) is 38.0 Å². The first-order valence-corrected chi connectivity index (χ1v) is 11.4. The Balaban J connectivity index is 1.22. The van der Waals surface area contributed by atoms with Gasteiger partial charge in [-0.25, -0.2) is 0 Å². The summed E-state index contributed by atoms with van der Waals surface area (Å²) in [6, 6.07) is 4.60. The van der Waals surface area contributed by atoms with Gasteiger partial charge in [0, 0.05) is 36.3 Å². The van der Waals surface area contributed by atoms with Crippen molar-refractivity contribution in [2.45, 2.75) is 44.7 Å². The van der Waals surface area contributed by atoms with Gasteiger partial charge in [-0.1, -0.05) is 6.07 Å². The molecule has 4 heterocycles. The summed E-state index contributed by atoms with van der Waals surface area (Å²) in [6.45, 7) is 4.59. The van der Waals surface area contributed by atoms with Crippen LogP contribution in [0, 0.1) is 5.41 Å². The molecule has 0 saturated carbocycles.